The van der Waals surface area contributed by atoms with Crippen molar-refractivity contribution >= 4 is 28.5 Å². The number of aliphatic hydroxyl groups is 1. The molecule has 1 aromatic carbocycles. The number of benzene rings is 1. The van der Waals surface area contributed by atoms with Crippen molar-refractivity contribution in [3.63, 3.8) is 0 Å². The average Bonchev–Trinajstić information content (AvgIpc) is 2.38. The highest BCUT2D eigenvalue weighted by molar-refractivity contribution is 14.1. The van der Waals surface area contributed by atoms with Gasteiger partial charge in [0, 0.05) is 12.1 Å². The summed E-state index contributed by atoms with van der Waals surface area (Å²) in [4.78, 5) is 11.8. The third-order valence-electron chi connectivity index (χ3n) is 2.18. The summed E-state index contributed by atoms with van der Waals surface area (Å²) in [5.74, 6) is 0.917. The minimum atomic E-state index is -0.247. The van der Waals surface area contributed by atoms with Gasteiger partial charge in [-0.2, -0.15) is 0 Å². The van der Waals surface area contributed by atoms with Gasteiger partial charge in [-0.25, -0.2) is 0 Å². The highest BCUT2D eigenvalue weighted by Gasteiger charge is 2.14. The minimum Gasteiger partial charge on any atom is -0.493 e. The summed E-state index contributed by atoms with van der Waals surface area (Å²) in [6.07, 6.45) is 0. The summed E-state index contributed by atoms with van der Waals surface area (Å²) >= 11 is 2.09. The van der Waals surface area contributed by atoms with Gasteiger partial charge in [-0.3, -0.25) is 4.79 Å². The minimum absolute atomic E-state index is 0.0863. The van der Waals surface area contributed by atoms with E-state index < -0.39 is 0 Å². The second-order valence-electron chi connectivity index (χ2n) is 3.40. The Morgan fingerprint density at radius 1 is 1.50 bits per heavy atom. The summed E-state index contributed by atoms with van der Waals surface area (Å²) in [5, 5.41) is 11.3. The Kier molecular flexibility index (Phi) is 6.20. The number of rotatable bonds is 6. The number of nitrogens with one attached hydrogen (secondary N) is 1. The Morgan fingerprint density at radius 3 is 2.78 bits per heavy atom. The molecule has 0 saturated carbocycles. The summed E-state index contributed by atoms with van der Waals surface area (Å²) in [7, 11) is 1.53. The number of methoxy groups -OCH3 is 1. The Balaban J connectivity index is 3.02. The number of hydrogen-bond donors (Lipinski definition) is 2. The lowest BCUT2D eigenvalue weighted by atomic mass is 10.2. The van der Waals surface area contributed by atoms with Crippen molar-refractivity contribution in [3.05, 3.63) is 21.3 Å². The molecule has 0 saturated heterocycles. The van der Waals surface area contributed by atoms with Crippen LogP contribution in [0.3, 0.4) is 0 Å². The van der Waals surface area contributed by atoms with Crippen LogP contribution in [0.15, 0.2) is 12.1 Å². The van der Waals surface area contributed by atoms with Gasteiger partial charge in [-0.15, -0.1) is 0 Å². The summed E-state index contributed by atoms with van der Waals surface area (Å²) in [5.41, 5.74) is 0.480. The molecule has 0 bridgehead atoms. The number of hydrogen-bond acceptors (Lipinski definition) is 4. The highest BCUT2D eigenvalue weighted by Crippen LogP contribution is 2.33. The van der Waals surface area contributed by atoms with E-state index in [1.807, 2.05) is 6.92 Å². The zero-order chi connectivity index (χ0) is 13.5. The van der Waals surface area contributed by atoms with E-state index in [0.717, 1.165) is 3.57 Å². The van der Waals surface area contributed by atoms with Crippen molar-refractivity contribution in [1.29, 1.82) is 0 Å². The third-order valence-corrected chi connectivity index (χ3v) is 2.98. The zero-order valence-electron chi connectivity index (χ0n) is 10.3. The van der Waals surface area contributed by atoms with Gasteiger partial charge in [0.2, 0.25) is 0 Å². The van der Waals surface area contributed by atoms with Crippen LogP contribution in [-0.2, 0) is 0 Å². The van der Waals surface area contributed by atoms with Crippen LogP contribution in [0, 0.1) is 3.57 Å². The Morgan fingerprint density at radius 2 is 2.22 bits per heavy atom. The van der Waals surface area contributed by atoms with Crippen LogP contribution >= 0.6 is 22.6 Å². The van der Waals surface area contributed by atoms with E-state index in [2.05, 4.69) is 27.9 Å². The first kappa shape index (κ1) is 15.0. The molecule has 100 valence electrons. The monoisotopic (exact) mass is 365 g/mol. The predicted molar refractivity (Wildman–Crippen MR) is 76.3 cm³/mol. The number of amides is 1. The molecule has 2 N–H and O–H groups in total. The second-order valence-corrected chi connectivity index (χ2v) is 4.56. The molecule has 0 aliphatic rings. The van der Waals surface area contributed by atoms with Gasteiger partial charge in [0.1, 0.15) is 0 Å². The van der Waals surface area contributed by atoms with Gasteiger partial charge < -0.3 is 19.9 Å². The number of halogens is 1. The van der Waals surface area contributed by atoms with Crippen molar-refractivity contribution < 1.29 is 19.4 Å². The maximum Gasteiger partial charge on any atom is 0.251 e. The van der Waals surface area contributed by atoms with Gasteiger partial charge in [-0.1, -0.05) is 0 Å². The lowest BCUT2D eigenvalue weighted by molar-refractivity contribution is 0.0944. The van der Waals surface area contributed by atoms with Crippen LogP contribution in [0.1, 0.15) is 17.3 Å². The number of carbonyl (C=O) groups is 1. The third kappa shape index (κ3) is 3.74. The first-order valence-electron chi connectivity index (χ1n) is 5.53. The van der Waals surface area contributed by atoms with Crippen LogP contribution in [0.4, 0.5) is 0 Å². The van der Waals surface area contributed by atoms with E-state index in [1.54, 1.807) is 12.1 Å². The van der Waals surface area contributed by atoms with Crippen LogP contribution in [-0.4, -0.2) is 37.9 Å². The molecule has 0 aliphatic carbocycles. The fourth-order valence-electron chi connectivity index (χ4n) is 1.41. The van der Waals surface area contributed by atoms with Gasteiger partial charge in [-0.05, 0) is 41.6 Å². The molecule has 0 radical (unpaired) electrons. The Labute approximate surface area is 120 Å². The maximum absolute atomic E-state index is 11.8. The Bertz CT molecular complexity index is 423. The van der Waals surface area contributed by atoms with E-state index in [1.165, 1.54) is 7.11 Å². The Hall–Kier alpha value is -1.02. The van der Waals surface area contributed by atoms with E-state index in [0.29, 0.717) is 23.7 Å². The second kappa shape index (κ2) is 7.42. The molecule has 0 atom stereocenters. The molecule has 0 heterocycles. The molecule has 0 unspecified atom stereocenters. The molecule has 5 nitrogen and oxygen atoms in total. The lowest BCUT2D eigenvalue weighted by Crippen LogP contribution is -2.26. The van der Waals surface area contributed by atoms with Crippen molar-refractivity contribution in [3.8, 4) is 11.5 Å². The summed E-state index contributed by atoms with van der Waals surface area (Å²) in [6.45, 7) is 2.56. The molecule has 0 fully saturated rings. The fraction of sp³-hybridized carbons (Fsp3) is 0.417. The topological polar surface area (TPSA) is 67.8 Å². The molecule has 18 heavy (non-hydrogen) atoms. The normalized spacial score (nSPS) is 10.0. The van der Waals surface area contributed by atoms with Crippen molar-refractivity contribution in [1.82, 2.24) is 5.32 Å². The van der Waals surface area contributed by atoms with Crippen LogP contribution < -0.4 is 14.8 Å². The lowest BCUT2D eigenvalue weighted by Gasteiger charge is -2.13. The van der Waals surface area contributed by atoms with E-state index in [9.17, 15) is 4.79 Å². The largest absolute Gasteiger partial charge is 0.493 e. The van der Waals surface area contributed by atoms with Crippen LogP contribution in [0.2, 0.25) is 0 Å². The molecular formula is C12H16INO4. The van der Waals surface area contributed by atoms with Crippen LogP contribution in [0.25, 0.3) is 0 Å². The number of ether oxygens (including phenoxy) is 2. The van der Waals surface area contributed by atoms with Crippen molar-refractivity contribution in [2.75, 3.05) is 26.9 Å². The van der Waals surface area contributed by atoms with Crippen molar-refractivity contribution in [2.24, 2.45) is 0 Å². The highest BCUT2D eigenvalue weighted by atomic mass is 127. The molecule has 1 rings (SSSR count). The van der Waals surface area contributed by atoms with Gasteiger partial charge in [0.15, 0.2) is 11.5 Å². The summed E-state index contributed by atoms with van der Waals surface area (Å²) in [6, 6.07) is 3.35. The number of aliphatic hydroxyl groups excluding tert-OH is 1. The van der Waals surface area contributed by atoms with E-state index >= 15 is 0 Å². The van der Waals surface area contributed by atoms with Crippen LogP contribution in [0.5, 0.6) is 11.5 Å². The fourth-order valence-corrected chi connectivity index (χ4v) is 2.16. The molecule has 1 amide bonds. The van der Waals surface area contributed by atoms with E-state index in [-0.39, 0.29) is 19.1 Å². The van der Waals surface area contributed by atoms with E-state index in [4.69, 9.17) is 14.6 Å². The predicted octanol–water partition coefficient (Wildman–Crippen LogP) is 1.42. The quantitative estimate of drug-likeness (QED) is 0.749. The van der Waals surface area contributed by atoms with Gasteiger partial charge in [0.25, 0.3) is 5.91 Å². The molecule has 0 spiro atoms. The maximum atomic E-state index is 11.8. The molecule has 1 aromatic rings. The van der Waals surface area contributed by atoms with Crippen molar-refractivity contribution in [2.45, 2.75) is 6.92 Å². The standard InChI is InChI=1S/C12H16INO4/c1-3-18-11-9(13)6-8(7-10(11)17-2)12(16)14-4-5-15/h6-7,15H,3-5H2,1-2H3,(H,14,16). The molecule has 0 aromatic heterocycles. The summed E-state index contributed by atoms with van der Waals surface area (Å²) < 4.78 is 11.5. The number of carbonyl (C=O) groups excluding carboxylic acids is 1. The SMILES string of the molecule is CCOc1c(I)cc(C(=O)NCCO)cc1OC. The first-order valence-corrected chi connectivity index (χ1v) is 6.61. The average molecular weight is 365 g/mol. The van der Waals surface area contributed by atoms with Gasteiger partial charge in [0.05, 0.1) is 23.9 Å². The molecule has 6 heteroatoms. The first-order chi connectivity index (χ1) is 8.63. The van der Waals surface area contributed by atoms with Gasteiger partial charge >= 0.3 is 0 Å². The zero-order valence-corrected chi connectivity index (χ0v) is 12.5. The smallest absolute Gasteiger partial charge is 0.251 e. The molecule has 0 aliphatic heterocycles. The molecular weight excluding hydrogens is 349 g/mol.